The summed E-state index contributed by atoms with van der Waals surface area (Å²) in [6.07, 6.45) is 0. The lowest BCUT2D eigenvalue weighted by atomic mass is 10.1. The van der Waals surface area contributed by atoms with Crippen molar-refractivity contribution < 1.29 is 9.90 Å². The highest BCUT2D eigenvalue weighted by Crippen LogP contribution is 2.32. The van der Waals surface area contributed by atoms with E-state index >= 15 is 0 Å². The van der Waals surface area contributed by atoms with E-state index in [4.69, 9.17) is 5.11 Å². The van der Waals surface area contributed by atoms with Crippen LogP contribution < -0.4 is 0 Å². The van der Waals surface area contributed by atoms with Crippen molar-refractivity contribution in [1.29, 1.82) is 0 Å². The monoisotopic (exact) mass is 228 g/mol. The first kappa shape index (κ1) is 11.6. The van der Waals surface area contributed by atoms with Crippen LogP contribution in [0.1, 0.15) is 41.3 Å². The fourth-order valence-electron chi connectivity index (χ4n) is 2.11. The van der Waals surface area contributed by atoms with E-state index in [-0.39, 0.29) is 0 Å². The first-order chi connectivity index (χ1) is 8.00. The Balaban J connectivity index is 2.68. The molecule has 0 aromatic heterocycles. The molecule has 0 saturated heterocycles. The summed E-state index contributed by atoms with van der Waals surface area (Å²) in [6.45, 7) is 6.21. The molecule has 88 valence electrons. The van der Waals surface area contributed by atoms with Crippen molar-refractivity contribution in [2.24, 2.45) is 0 Å². The van der Waals surface area contributed by atoms with Crippen LogP contribution in [0.3, 0.4) is 0 Å². The van der Waals surface area contributed by atoms with Gasteiger partial charge in [0.15, 0.2) is 0 Å². The van der Waals surface area contributed by atoms with Gasteiger partial charge in [-0.2, -0.15) is 0 Å². The lowest BCUT2D eigenvalue weighted by Gasteiger charge is -1.99. The molecule has 2 aliphatic carbocycles. The van der Waals surface area contributed by atoms with Gasteiger partial charge in [-0.05, 0) is 41.2 Å². The number of carboxylic acids is 1. The molecule has 0 amide bonds. The number of carbonyl (C=O) groups is 1. The van der Waals surface area contributed by atoms with Crippen molar-refractivity contribution in [3.63, 3.8) is 0 Å². The third-order valence-electron chi connectivity index (χ3n) is 3.15. The van der Waals surface area contributed by atoms with Crippen LogP contribution in [-0.4, -0.2) is 11.1 Å². The van der Waals surface area contributed by atoms with Gasteiger partial charge in [0.2, 0.25) is 0 Å². The SMILES string of the molecule is Cc1cc(C(=O)O)c2ccc(C(C)C)ccc1-2. The van der Waals surface area contributed by atoms with Crippen LogP contribution >= 0.6 is 0 Å². The summed E-state index contributed by atoms with van der Waals surface area (Å²) in [4.78, 5) is 11.1. The predicted molar refractivity (Wildman–Crippen MR) is 68.8 cm³/mol. The zero-order valence-corrected chi connectivity index (χ0v) is 10.3. The van der Waals surface area contributed by atoms with Crippen molar-refractivity contribution in [2.75, 3.05) is 0 Å². The summed E-state index contributed by atoms with van der Waals surface area (Å²) in [5.74, 6) is -0.416. The highest BCUT2D eigenvalue weighted by molar-refractivity contribution is 5.98. The predicted octanol–water partition coefficient (Wildman–Crippen LogP) is 3.92. The van der Waals surface area contributed by atoms with Gasteiger partial charge in [-0.1, -0.05) is 38.1 Å². The second-order valence-electron chi connectivity index (χ2n) is 4.69. The summed E-state index contributed by atoms with van der Waals surface area (Å²) in [5.41, 5.74) is 4.47. The van der Waals surface area contributed by atoms with Crippen LogP contribution in [0.15, 0.2) is 30.3 Å². The van der Waals surface area contributed by atoms with Crippen LogP contribution in [0, 0.1) is 6.92 Å². The average molecular weight is 228 g/mol. The number of hydrogen-bond donors (Lipinski definition) is 1. The van der Waals surface area contributed by atoms with E-state index in [9.17, 15) is 4.79 Å². The summed E-state index contributed by atoms with van der Waals surface area (Å²) in [6, 6.07) is 9.76. The maximum absolute atomic E-state index is 11.1. The molecule has 0 bridgehead atoms. The number of rotatable bonds is 2. The van der Waals surface area contributed by atoms with Gasteiger partial charge in [0, 0.05) is 0 Å². The Morgan fingerprint density at radius 3 is 2.24 bits per heavy atom. The fraction of sp³-hybridized carbons (Fsp3) is 0.267. The van der Waals surface area contributed by atoms with Gasteiger partial charge in [-0.15, -0.1) is 0 Å². The minimum atomic E-state index is -0.861. The molecule has 2 rings (SSSR count). The minimum absolute atomic E-state index is 0.392. The summed E-state index contributed by atoms with van der Waals surface area (Å²) in [5, 5.41) is 9.16. The molecule has 1 N–H and O–H groups in total. The Hall–Kier alpha value is -1.83. The van der Waals surface area contributed by atoms with Crippen molar-refractivity contribution in [2.45, 2.75) is 26.7 Å². The number of fused-ring (bicyclic) bond motifs is 1. The Labute approximate surface area is 101 Å². The molecule has 0 aliphatic heterocycles. The zero-order valence-electron chi connectivity index (χ0n) is 10.3. The second-order valence-corrected chi connectivity index (χ2v) is 4.69. The third-order valence-corrected chi connectivity index (χ3v) is 3.15. The van der Waals surface area contributed by atoms with E-state index in [0.717, 1.165) is 16.7 Å². The highest BCUT2D eigenvalue weighted by atomic mass is 16.4. The second kappa shape index (κ2) is 4.21. The maximum Gasteiger partial charge on any atom is 0.336 e. The molecule has 17 heavy (non-hydrogen) atoms. The van der Waals surface area contributed by atoms with E-state index < -0.39 is 5.97 Å². The normalized spacial score (nSPS) is 11.1. The molecule has 0 saturated carbocycles. The lowest BCUT2D eigenvalue weighted by molar-refractivity contribution is 0.0698. The smallest absolute Gasteiger partial charge is 0.336 e. The van der Waals surface area contributed by atoms with Crippen LogP contribution in [0.25, 0.3) is 11.1 Å². The first-order valence-corrected chi connectivity index (χ1v) is 5.77. The lowest BCUT2D eigenvalue weighted by Crippen LogP contribution is -1.94. The molecule has 0 atom stereocenters. The number of aryl methyl sites for hydroxylation is 1. The van der Waals surface area contributed by atoms with Crippen molar-refractivity contribution in [3.8, 4) is 11.1 Å². The Kier molecular flexibility index (Phi) is 2.88. The third kappa shape index (κ3) is 2.03. The van der Waals surface area contributed by atoms with Crippen LogP contribution in [0.4, 0.5) is 0 Å². The van der Waals surface area contributed by atoms with Crippen molar-refractivity contribution in [1.82, 2.24) is 0 Å². The molecule has 0 heterocycles. The van der Waals surface area contributed by atoms with Crippen LogP contribution in [0.2, 0.25) is 0 Å². The summed E-state index contributed by atoms with van der Waals surface area (Å²) < 4.78 is 0. The molecule has 2 heteroatoms. The van der Waals surface area contributed by atoms with Crippen molar-refractivity contribution in [3.05, 3.63) is 47.0 Å². The summed E-state index contributed by atoms with van der Waals surface area (Å²) in [7, 11) is 0. The molecule has 2 aliphatic rings. The molecule has 0 fully saturated rings. The Bertz CT molecular complexity index is 541. The van der Waals surface area contributed by atoms with Gasteiger partial charge in [0.25, 0.3) is 0 Å². The van der Waals surface area contributed by atoms with E-state index in [2.05, 4.69) is 19.9 Å². The average Bonchev–Trinajstić information content (AvgIpc) is 2.47. The Morgan fingerprint density at radius 1 is 1.12 bits per heavy atom. The maximum atomic E-state index is 11.1. The number of aromatic carboxylic acids is 1. The molecule has 2 nitrogen and oxygen atoms in total. The van der Waals surface area contributed by atoms with Crippen LogP contribution in [0.5, 0.6) is 0 Å². The topological polar surface area (TPSA) is 37.3 Å². The van der Waals surface area contributed by atoms with E-state index in [1.54, 1.807) is 6.07 Å². The Morgan fingerprint density at radius 2 is 1.71 bits per heavy atom. The van der Waals surface area contributed by atoms with Crippen LogP contribution in [-0.2, 0) is 0 Å². The molecule has 0 unspecified atom stereocenters. The molecular weight excluding hydrogens is 212 g/mol. The largest absolute Gasteiger partial charge is 0.478 e. The molecular formula is C15H16O2. The quantitative estimate of drug-likeness (QED) is 0.845. The van der Waals surface area contributed by atoms with Gasteiger partial charge >= 0.3 is 5.97 Å². The van der Waals surface area contributed by atoms with E-state index in [1.807, 2.05) is 25.1 Å². The highest BCUT2D eigenvalue weighted by Gasteiger charge is 2.17. The van der Waals surface area contributed by atoms with Crippen molar-refractivity contribution >= 4 is 5.97 Å². The standard InChI is InChI=1S/C15H16O2/c1-9(2)11-4-6-12-10(3)8-14(15(16)17)13(12)7-5-11/h4-9H,1-3H3,(H,16,17). The van der Waals surface area contributed by atoms with Gasteiger partial charge in [-0.3, -0.25) is 0 Å². The summed E-state index contributed by atoms with van der Waals surface area (Å²) >= 11 is 0. The molecule has 0 aromatic rings. The minimum Gasteiger partial charge on any atom is -0.478 e. The van der Waals surface area contributed by atoms with Gasteiger partial charge in [-0.25, -0.2) is 4.79 Å². The zero-order chi connectivity index (χ0) is 12.6. The number of hydrogen-bond acceptors (Lipinski definition) is 1. The molecule has 0 spiro atoms. The van der Waals surface area contributed by atoms with E-state index in [0.29, 0.717) is 11.5 Å². The fourth-order valence-corrected chi connectivity index (χ4v) is 2.11. The first-order valence-electron chi connectivity index (χ1n) is 5.77. The molecule has 0 aromatic carbocycles. The number of carboxylic acid groups (broad SMARTS) is 1. The van der Waals surface area contributed by atoms with E-state index in [1.165, 1.54) is 5.56 Å². The van der Waals surface area contributed by atoms with Gasteiger partial charge in [0.1, 0.15) is 0 Å². The molecule has 0 radical (unpaired) electrons. The van der Waals surface area contributed by atoms with Gasteiger partial charge < -0.3 is 5.11 Å². The van der Waals surface area contributed by atoms with Gasteiger partial charge in [0.05, 0.1) is 5.56 Å².